The van der Waals surface area contributed by atoms with Gasteiger partial charge in [-0.05, 0) is 37.8 Å². The zero-order chi connectivity index (χ0) is 14.4. The highest BCUT2D eigenvalue weighted by Crippen LogP contribution is 2.19. The number of rotatable bonds is 6. The topological polar surface area (TPSA) is 43.4 Å². The molecule has 1 aromatic carbocycles. The SMILES string of the molecule is CCC(Cc1ccc(C(C)C(=O)OC)cc1)C(C)=O. The van der Waals surface area contributed by atoms with Crippen molar-refractivity contribution in [2.45, 2.75) is 39.5 Å². The number of methoxy groups -OCH3 is 1. The van der Waals surface area contributed by atoms with Crippen LogP contribution in [0.5, 0.6) is 0 Å². The smallest absolute Gasteiger partial charge is 0.312 e. The first-order valence-electron chi connectivity index (χ1n) is 6.66. The summed E-state index contributed by atoms with van der Waals surface area (Å²) in [6.45, 7) is 5.49. The average molecular weight is 262 g/mol. The summed E-state index contributed by atoms with van der Waals surface area (Å²) in [5, 5.41) is 0. The van der Waals surface area contributed by atoms with Crippen LogP contribution in [0.1, 0.15) is 44.2 Å². The molecule has 0 saturated carbocycles. The van der Waals surface area contributed by atoms with E-state index in [1.165, 1.54) is 7.11 Å². The van der Waals surface area contributed by atoms with Gasteiger partial charge in [0.25, 0.3) is 0 Å². The Hall–Kier alpha value is -1.64. The molecule has 0 aliphatic heterocycles. The third-order valence-corrected chi connectivity index (χ3v) is 3.58. The van der Waals surface area contributed by atoms with Crippen molar-refractivity contribution in [1.82, 2.24) is 0 Å². The Morgan fingerprint density at radius 1 is 1.21 bits per heavy atom. The van der Waals surface area contributed by atoms with E-state index in [4.69, 9.17) is 4.74 Å². The maximum atomic E-state index is 11.4. The minimum absolute atomic E-state index is 0.0869. The van der Waals surface area contributed by atoms with Crippen molar-refractivity contribution in [3.63, 3.8) is 0 Å². The first kappa shape index (κ1) is 15.4. The zero-order valence-electron chi connectivity index (χ0n) is 12.1. The summed E-state index contributed by atoms with van der Waals surface area (Å²) in [5.41, 5.74) is 2.06. The highest BCUT2D eigenvalue weighted by Gasteiger charge is 2.16. The molecule has 0 radical (unpaired) electrons. The second-order valence-electron chi connectivity index (χ2n) is 4.91. The van der Waals surface area contributed by atoms with Gasteiger partial charge < -0.3 is 4.74 Å². The standard InChI is InChI=1S/C16H22O3/c1-5-14(12(3)17)10-13-6-8-15(9-7-13)11(2)16(18)19-4/h6-9,11,14H,5,10H2,1-4H3. The van der Waals surface area contributed by atoms with Gasteiger partial charge in [-0.2, -0.15) is 0 Å². The van der Waals surface area contributed by atoms with Gasteiger partial charge in [-0.1, -0.05) is 31.2 Å². The molecular formula is C16H22O3. The van der Waals surface area contributed by atoms with Gasteiger partial charge in [0.15, 0.2) is 0 Å². The zero-order valence-corrected chi connectivity index (χ0v) is 12.1. The number of esters is 1. The summed E-state index contributed by atoms with van der Waals surface area (Å²) >= 11 is 0. The number of hydrogen-bond donors (Lipinski definition) is 0. The fourth-order valence-electron chi connectivity index (χ4n) is 2.12. The van der Waals surface area contributed by atoms with Crippen molar-refractivity contribution in [3.8, 4) is 0 Å². The molecule has 2 unspecified atom stereocenters. The Balaban J connectivity index is 2.76. The fourth-order valence-corrected chi connectivity index (χ4v) is 2.12. The summed E-state index contributed by atoms with van der Waals surface area (Å²) in [5.74, 6) is -0.171. The summed E-state index contributed by atoms with van der Waals surface area (Å²) < 4.78 is 4.73. The Morgan fingerprint density at radius 3 is 2.21 bits per heavy atom. The molecule has 0 bridgehead atoms. The van der Waals surface area contributed by atoms with Gasteiger partial charge in [0.05, 0.1) is 13.0 Å². The van der Waals surface area contributed by atoms with E-state index < -0.39 is 0 Å². The number of hydrogen-bond acceptors (Lipinski definition) is 3. The minimum atomic E-state index is -0.256. The van der Waals surface area contributed by atoms with Crippen molar-refractivity contribution in [1.29, 1.82) is 0 Å². The van der Waals surface area contributed by atoms with E-state index in [-0.39, 0.29) is 23.6 Å². The van der Waals surface area contributed by atoms with Gasteiger partial charge >= 0.3 is 5.97 Å². The maximum Gasteiger partial charge on any atom is 0.312 e. The fraction of sp³-hybridized carbons (Fsp3) is 0.500. The maximum absolute atomic E-state index is 11.4. The molecule has 19 heavy (non-hydrogen) atoms. The Bertz CT molecular complexity index is 434. The number of Topliss-reactive ketones (excluding diaryl/α,β-unsaturated/α-hetero) is 1. The van der Waals surface area contributed by atoms with Crippen LogP contribution in [-0.2, 0) is 20.7 Å². The monoisotopic (exact) mass is 262 g/mol. The summed E-state index contributed by atoms with van der Waals surface area (Å²) in [7, 11) is 1.39. The van der Waals surface area contributed by atoms with E-state index >= 15 is 0 Å². The van der Waals surface area contributed by atoms with Crippen LogP contribution in [-0.4, -0.2) is 18.9 Å². The van der Waals surface area contributed by atoms with Crippen molar-refractivity contribution in [3.05, 3.63) is 35.4 Å². The molecule has 0 spiro atoms. The van der Waals surface area contributed by atoms with Gasteiger partial charge in [-0.25, -0.2) is 0 Å². The molecular weight excluding hydrogens is 240 g/mol. The lowest BCUT2D eigenvalue weighted by Crippen LogP contribution is -2.13. The molecule has 3 nitrogen and oxygen atoms in total. The van der Waals surface area contributed by atoms with Crippen molar-refractivity contribution in [2.75, 3.05) is 7.11 Å². The van der Waals surface area contributed by atoms with E-state index in [0.717, 1.165) is 24.0 Å². The second-order valence-corrected chi connectivity index (χ2v) is 4.91. The highest BCUT2D eigenvalue weighted by molar-refractivity contribution is 5.78. The van der Waals surface area contributed by atoms with E-state index in [0.29, 0.717) is 0 Å². The Labute approximate surface area is 115 Å². The van der Waals surface area contributed by atoms with Crippen LogP contribution in [0.15, 0.2) is 24.3 Å². The van der Waals surface area contributed by atoms with Crippen LogP contribution in [0, 0.1) is 5.92 Å². The number of ether oxygens (including phenoxy) is 1. The lowest BCUT2D eigenvalue weighted by Gasteiger charge is -2.13. The van der Waals surface area contributed by atoms with Crippen LogP contribution in [0.4, 0.5) is 0 Å². The third kappa shape index (κ3) is 4.19. The average Bonchev–Trinajstić information content (AvgIpc) is 2.43. The summed E-state index contributed by atoms with van der Waals surface area (Å²) in [6.07, 6.45) is 1.62. The molecule has 0 aliphatic rings. The number of benzene rings is 1. The number of ketones is 1. The van der Waals surface area contributed by atoms with Crippen LogP contribution in [0.3, 0.4) is 0 Å². The molecule has 0 N–H and O–H groups in total. The molecule has 2 atom stereocenters. The number of carbonyl (C=O) groups excluding carboxylic acids is 2. The van der Waals surface area contributed by atoms with E-state index in [1.54, 1.807) is 6.92 Å². The lowest BCUT2D eigenvalue weighted by molar-refractivity contribution is -0.142. The molecule has 0 heterocycles. The second kappa shape index (κ2) is 7.07. The normalized spacial score (nSPS) is 13.7. The van der Waals surface area contributed by atoms with Crippen molar-refractivity contribution in [2.24, 2.45) is 5.92 Å². The van der Waals surface area contributed by atoms with E-state index in [2.05, 4.69) is 0 Å². The molecule has 0 saturated heterocycles. The van der Waals surface area contributed by atoms with Crippen molar-refractivity contribution >= 4 is 11.8 Å². The molecule has 1 aromatic rings. The van der Waals surface area contributed by atoms with Crippen LogP contribution >= 0.6 is 0 Å². The van der Waals surface area contributed by atoms with Crippen LogP contribution in [0.25, 0.3) is 0 Å². The molecule has 0 aliphatic carbocycles. The predicted molar refractivity (Wildman–Crippen MR) is 75.0 cm³/mol. The van der Waals surface area contributed by atoms with Gasteiger partial charge in [0.1, 0.15) is 5.78 Å². The minimum Gasteiger partial charge on any atom is -0.469 e. The van der Waals surface area contributed by atoms with E-state index in [1.807, 2.05) is 38.1 Å². The quantitative estimate of drug-likeness (QED) is 0.740. The van der Waals surface area contributed by atoms with Gasteiger partial charge in [-0.15, -0.1) is 0 Å². The molecule has 104 valence electrons. The van der Waals surface area contributed by atoms with E-state index in [9.17, 15) is 9.59 Å². The van der Waals surface area contributed by atoms with Crippen LogP contribution in [0.2, 0.25) is 0 Å². The lowest BCUT2D eigenvalue weighted by atomic mass is 9.92. The molecule has 1 rings (SSSR count). The predicted octanol–water partition coefficient (Wildman–Crippen LogP) is 3.12. The summed E-state index contributed by atoms with van der Waals surface area (Å²) in [4.78, 5) is 22.9. The van der Waals surface area contributed by atoms with Crippen LogP contribution < -0.4 is 0 Å². The van der Waals surface area contributed by atoms with Gasteiger partial charge in [0.2, 0.25) is 0 Å². The first-order valence-corrected chi connectivity index (χ1v) is 6.66. The highest BCUT2D eigenvalue weighted by atomic mass is 16.5. The van der Waals surface area contributed by atoms with Crippen molar-refractivity contribution < 1.29 is 14.3 Å². The number of carbonyl (C=O) groups is 2. The molecule has 0 amide bonds. The molecule has 0 aromatic heterocycles. The largest absolute Gasteiger partial charge is 0.469 e. The van der Waals surface area contributed by atoms with Gasteiger partial charge in [-0.3, -0.25) is 9.59 Å². The third-order valence-electron chi connectivity index (χ3n) is 3.58. The van der Waals surface area contributed by atoms with Gasteiger partial charge in [0, 0.05) is 5.92 Å². The first-order chi connectivity index (χ1) is 8.99. The molecule has 0 fully saturated rings. The molecule has 3 heteroatoms. The Morgan fingerprint density at radius 2 is 1.79 bits per heavy atom. The summed E-state index contributed by atoms with van der Waals surface area (Å²) in [6, 6.07) is 7.84. The Kier molecular flexibility index (Phi) is 5.74.